The first kappa shape index (κ1) is 13.7. The normalized spacial score (nSPS) is 10.0. The van der Waals surface area contributed by atoms with Gasteiger partial charge in [0, 0.05) is 6.26 Å². The molecule has 0 saturated carbocycles. The van der Waals surface area contributed by atoms with E-state index >= 15 is 0 Å². The zero-order valence-electron chi connectivity index (χ0n) is 9.80. The highest BCUT2D eigenvalue weighted by Crippen LogP contribution is 2.19. The molecule has 6 nitrogen and oxygen atoms in total. The molecule has 1 aromatic carbocycles. The summed E-state index contributed by atoms with van der Waals surface area (Å²) in [6, 6.07) is 7.67. The zero-order valence-corrected chi connectivity index (χ0v) is 10.6. The van der Waals surface area contributed by atoms with Crippen LogP contribution in [0, 0.1) is 29.6 Å². The molecule has 0 aliphatic rings. The monoisotopic (exact) mass is 262 g/mol. The minimum Gasteiger partial charge on any atom is -0.276 e. The summed E-state index contributed by atoms with van der Waals surface area (Å²) in [5, 5.41) is 20.6. The van der Waals surface area contributed by atoms with Crippen molar-refractivity contribution in [3.63, 3.8) is 0 Å². The Morgan fingerprint density at radius 1 is 1.33 bits per heavy atom. The van der Waals surface area contributed by atoms with Gasteiger partial charge in [0.1, 0.15) is 12.1 Å². The number of aryl methyl sites for hydroxylation is 1. The van der Waals surface area contributed by atoms with Crippen molar-refractivity contribution in [3.8, 4) is 12.1 Å². The molecule has 1 aromatic rings. The summed E-state index contributed by atoms with van der Waals surface area (Å²) in [7, 11) is -3.25. The van der Waals surface area contributed by atoms with Gasteiger partial charge >= 0.3 is 0 Å². The van der Waals surface area contributed by atoms with E-state index in [0.29, 0.717) is 11.3 Å². The van der Waals surface area contributed by atoms with Crippen molar-refractivity contribution in [2.75, 3.05) is 11.7 Å². The number of sulfone groups is 1. The van der Waals surface area contributed by atoms with Crippen molar-refractivity contribution in [2.24, 2.45) is 5.10 Å². The van der Waals surface area contributed by atoms with Crippen molar-refractivity contribution in [1.29, 1.82) is 10.5 Å². The molecule has 0 aliphatic carbocycles. The van der Waals surface area contributed by atoms with Crippen molar-refractivity contribution in [2.45, 2.75) is 11.8 Å². The third-order valence-electron chi connectivity index (χ3n) is 2.13. The second-order valence-corrected chi connectivity index (χ2v) is 5.56. The van der Waals surface area contributed by atoms with Gasteiger partial charge in [0.15, 0.2) is 9.84 Å². The SMILES string of the molecule is Cc1cc(S(C)(=O)=O)ccc1NN=C(C#N)C#N. The molecule has 0 heterocycles. The van der Waals surface area contributed by atoms with Crippen LogP contribution in [0.25, 0.3) is 0 Å². The van der Waals surface area contributed by atoms with Gasteiger partial charge in [-0.3, -0.25) is 5.43 Å². The number of anilines is 1. The van der Waals surface area contributed by atoms with Gasteiger partial charge < -0.3 is 0 Å². The Kier molecular flexibility index (Phi) is 4.03. The lowest BCUT2D eigenvalue weighted by atomic mass is 10.2. The van der Waals surface area contributed by atoms with Gasteiger partial charge in [-0.2, -0.15) is 15.6 Å². The minimum absolute atomic E-state index is 0.204. The average molecular weight is 262 g/mol. The van der Waals surface area contributed by atoms with E-state index in [2.05, 4.69) is 10.5 Å². The van der Waals surface area contributed by atoms with Crippen molar-refractivity contribution >= 4 is 21.2 Å². The highest BCUT2D eigenvalue weighted by Gasteiger charge is 2.08. The van der Waals surface area contributed by atoms with Gasteiger partial charge in [0.2, 0.25) is 5.71 Å². The lowest BCUT2D eigenvalue weighted by Crippen LogP contribution is -2.01. The largest absolute Gasteiger partial charge is 0.276 e. The summed E-state index contributed by atoms with van der Waals surface area (Å²) >= 11 is 0. The Morgan fingerprint density at radius 2 is 1.94 bits per heavy atom. The van der Waals surface area contributed by atoms with E-state index < -0.39 is 9.84 Å². The van der Waals surface area contributed by atoms with Crippen LogP contribution in [0.4, 0.5) is 5.69 Å². The molecule has 7 heteroatoms. The van der Waals surface area contributed by atoms with Crippen LogP contribution < -0.4 is 5.43 Å². The molecule has 0 unspecified atom stereocenters. The second kappa shape index (κ2) is 5.30. The van der Waals surface area contributed by atoms with Crippen molar-refractivity contribution in [1.82, 2.24) is 0 Å². The maximum absolute atomic E-state index is 11.3. The average Bonchev–Trinajstić information content (AvgIpc) is 2.30. The van der Waals surface area contributed by atoms with E-state index in [9.17, 15) is 8.42 Å². The summed E-state index contributed by atoms with van der Waals surface area (Å²) in [6.07, 6.45) is 1.12. The van der Waals surface area contributed by atoms with Gasteiger partial charge in [0.25, 0.3) is 0 Å². The fourth-order valence-corrected chi connectivity index (χ4v) is 1.89. The summed E-state index contributed by atoms with van der Waals surface area (Å²) in [5.74, 6) is 0. The highest BCUT2D eigenvalue weighted by atomic mass is 32.2. The molecule has 0 amide bonds. The van der Waals surface area contributed by atoms with Crippen LogP contribution in [0.5, 0.6) is 0 Å². The molecule has 0 aromatic heterocycles. The predicted molar refractivity (Wildman–Crippen MR) is 66.6 cm³/mol. The molecule has 1 rings (SSSR count). The molecular weight excluding hydrogens is 252 g/mol. The Bertz CT molecular complexity index is 662. The van der Waals surface area contributed by atoms with E-state index in [1.54, 1.807) is 19.1 Å². The zero-order chi connectivity index (χ0) is 13.8. The highest BCUT2D eigenvalue weighted by molar-refractivity contribution is 7.90. The van der Waals surface area contributed by atoms with Crippen molar-refractivity contribution in [3.05, 3.63) is 23.8 Å². The van der Waals surface area contributed by atoms with E-state index in [-0.39, 0.29) is 10.6 Å². The number of hydrogen-bond donors (Lipinski definition) is 1. The fraction of sp³-hybridized carbons (Fsp3) is 0.182. The predicted octanol–water partition coefficient (Wildman–Crippen LogP) is 1.21. The van der Waals surface area contributed by atoms with Crippen LogP contribution in [0.15, 0.2) is 28.2 Å². The van der Waals surface area contributed by atoms with Crippen LogP contribution in [0.1, 0.15) is 5.56 Å². The minimum atomic E-state index is -3.25. The van der Waals surface area contributed by atoms with E-state index in [0.717, 1.165) is 6.26 Å². The number of nitrogens with zero attached hydrogens (tertiary/aromatic N) is 3. The van der Waals surface area contributed by atoms with Gasteiger partial charge in [-0.25, -0.2) is 8.42 Å². The molecule has 0 atom stereocenters. The molecule has 0 radical (unpaired) electrons. The number of benzene rings is 1. The van der Waals surface area contributed by atoms with E-state index in [4.69, 9.17) is 10.5 Å². The Hall–Kier alpha value is -2.38. The summed E-state index contributed by atoms with van der Waals surface area (Å²) < 4.78 is 22.6. The summed E-state index contributed by atoms with van der Waals surface area (Å²) in [4.78, 5) is 0.204. The maximum Gasteiger partial charge on any atom is 0.237 e. The smallest absolute Gasteiger partial charge is 0.237 e. The first-order chi connectivity index (χ1) is 8.38. The summed E-state index contributed by atoms with van der Waals surface area (Å²) in [5.41, 5.74) is 3.42. The van der Waals surface area contributed by atoms with Gasteiger partial charge in [-0.05, 0) is 30.7 Å². The van der Waals surface area contributed by atoms with Gasteiger partial charge in [0.05, 0.1) is 10.6 Å². The molecule has 0 bridgehead atoms. The second-order valence-electron chi connectivity index (χ2n) is 3.54. The molecule has 1 N–H and O–H groups in total. The molecular formula is C11H10N4O2S. The molecule has 0 aliphatic heterocycles. The van der Waals surface area contributed by atoms with Gasteiger partial charge in [-0.15, -0.1) is 0 Å². The number of hydrazone groups is 1. The lowest BCUT2D eigenvalue weighted by molar-refractivity contribution is 0.602. The lowest BCUT2D eigenvalue weighted by Gasteiger charge is -2.06. The quantitative estimate of drug-likeness (QED) is 0.651. The maximum atomic E-state index is 11.3. The van der Waals surface area contributed by atoms with Crippen LogP contribution in [0.2, 0.25) is 0 Å². The molecule has 18 heavy (non-hydrogen) atoms. The Labute approximate surface area is 105 Å². The molecule has 92 valence electrons. The van der Waals surface area contributed by atoms with E-state index in [1.807, 2.05) is 0 Å². The number of nitrogens with one attached hydrogen (secondary N) is 1. The number of hydrogen-bond acceptors (Lipinski definition) is 6. The first-order valence-electron chi connectivity index (χ1n) is 4.83. The first-order valence-corrected chi connectivity index (χ1v) is 6.72. The fourth-order valence-electron chi connectivity index (χ4n) is 1.18. The topological polar surface area (TPSA) is 106 Å². The van der Waals surface area contributed by atoms with Crippen LogP contribution >= 0.6 is 0 Å². The van der Waals surface area contributed by atoms with Crippen LogP contribution in [-0.4, -0.2) is 20.4 Å². The molecule has 0 saturated heterocycles. The third kappa shape index (κ3) is 3.30. The molecule has 0 fully saturated rings. The Balaban J connectivity index is 3.06. The Morgan fingerprint density at radius 3 is 2.39 bits per heavy atom. The van der Waals surface area contributed by atoms with Gasteiger partial charge in [-0.1, -0.05) is 0 Å². The summed E-state index contributed by atoms with van der Waals surface area (Å²) in [6.45, 7) is 1.70. The number of rotatable bonds is 3. The van der Waals surface area contributed by atoms with Crippen molar-refractivity contribution < 1.29 is 8.42 Å². The molecule has 0 spiro atoms. The van der Waals surface area contributed by atoms with Crippen LogP contribution in [0.3, 0.4) is 0 Å². The van der Waals surface area contributed by atoms with E-state index in [1.165, 1.54) is 18.2 Å². The van der Waals surface area contributed by atoms with Crippen LogP contribution in [-0.2, 0) is 9.84 Å². The third-order valence-corrected chi connectivity index (χ3v) is 3.24. The number of nitriles is 2. The standard InChI is InChI=1S/C11H10N4O2S/c1-8-5-10(18(2,16)17)3-4-11(8)15-14-9(6-12)7-13/h3-5,15H,1-2H3.